The summed E-state index contributed by atoms with van der Waals surface area (Å²) >= 11 is 1.44. The number of nitrogens with one attached hydrogen (secondary N) is 1. The first-order chi connectivity index (χ1) is 6.75. The first kappa shape index (κ1) is 11.3. The van der Waals surface area contributed by atoms with E-state index in [0.29, 0.717) is 25.3 Å². The highest BCUT2D eigenvalue weighted by molar-refractivity contribution is 7.99. The molecule has 0 spiro atoms. The summed E-state index contributed by atoms with van der Waals surface area (Å²) in [6.45, 7) is 1.16. The number of hydrogen-bond donors (Lipinski definition) is 2. The molecule has 5 nitrogen and oxygen atoms in total. The largest absolute Gasteiger partial charge is 0.396 e. The van der Waals surface area contributed by atoms with E-state index in [9.17, 15) is 9.59 Å². The SMILES string of the molecule is O=C(CSCCCO)N1CCNC1=O. The zero-order chi connectivity index (χ0) is 10.4. The maximum Gasteiger partial charge on any atom is 0.324 e. The van der Waals surface area contributed by atoms with Gasteiger partial charge in [-0.1, -0.05) is 0 Å². The lowest BCUT2D eigenvalue weighted by Gasteiger charge is -2.11. The maximum absolute atomic E-state index is 11.4. The Morgan fingerprint density at radius 3 is 3.00 bits per heavy atom. The van der Waals surface area contributed by atoms with Crippen LogP contribution < -0.4 is 5.32 Å². The summed E-state index contributed by atoms with van der Waals surface area (Å²) < 4.78 is 0. The average Bonchev–Trinajstić information content (AvgIpc) is 2.59. The van der Waals surface area contributed by atoms with Crippen LogP contribution in [0.15, 0.2) is 0 Å². The summed E-state index contributed by atoms with van der Waals surface area (Å²) in [4.78, 5) is 23.7. The Labute approximate surface area is 86.8 Å². The minimum atomic E-state index is -0.294. The molecule has 0 radical (unpaired) electrons. The Morgan fingerprint density at radius 2 is 2.43 bits per heavy atom. The van der Waals surface area contributed by atoms with Gasteiger partial charge < -0.3 is 10.4 Å². The average molecular weight is 218 g/mol. The van der Waals surface area contributed by atoms with Crippen molar-refractivity contribution in [2.75, 3.05) is 31.2 Å². The molecule has 1 saturated heterocycles. The minimum Gasteiger partial charge on any atom is -0.396 e. The molecule has 14 heavy (non-hydrogen) atoms. The van der Waals surface area contributed by atoms with Gasteiger partial charge in [-0.3, -0.25) is 9.69 Å². The molecule has 0 atom stereocenters. The molecule has 0 aromatic carbocycles. The number of amides is 3. The molecule has 3 amide bonds. The van der Waals surface area contributed by atoms with Gasteiger partial charge in [-0.25, -0.2) is 4.79 Å². The lowest BCUT2D eigenvalue weighted by molar-refractivity contribution is -0.124. The lowest BCUT2D eigenvalue weighted by Crippen LogP contribution is -2.35. The number of thioether (sulfide) groups is 1. The second kappa shape index (κ2) is 5.87. The molecule has 0 saturated carbocycles. The van der Waals surface area contributed by atoms with E-state index in [1.54, 1.807) is 0 Å². The molecular formula is C8H14N2O3S. The van der Waals surface area contributed by atoms with Gasteiger partial charge >= 0.3 is 6.03 Å². The molecule has 0 aliphatic carbocycles. The highest BCUT2D eigenvalue weighted by Gasteiger charge is 2.25. The zero-order valence-electron chi connectivity index (χ0n) is 7.86. The van der Waals surface area contributed by atoms with Gasteiger partial charge in [-0.2, -0.15) is 11.8 Å². The van der Waals surface area contributed by atoms with Gasteiger partial charge in [0.2, 0.25) is 5.91 Å². The summed E-state index contributed by atoms with van der Waals surface area (Å²) in [7, 11) is 0. The molecule has 2 N–H and O–H groups in total. The topological polar surface area (TPSA) is 69.6 Å². The van der Waals surface area contributed by atoms with Crippen molar-refractivity contribution in [2.24, 2.45) is 0 Å². The van der Waals surface area contributed by atoms with Crippen LogP contribution >= 0.6 is 11.8 Å². The molecule has 0 aromatic rings. The monoisotopic (exact) mass is 218 g/mol. The van der Waals surface area contributed by atoms with E-state index in [1.807, 2.05) is 0 Å². The van der Waals surface area contributed by atoms with Crippen molar-refractivity contribution in [3.63, 3.8) is 0 Å². The third-order valence-corrected chi connectivity index (χ3v) is 2.86. The van der Waals surface area contributed by atoms with Crippen molar-refractivity contribution in [2.45, 2.75) is 6.42 Å². The second-order valence-electron chi connectivity index (χ2n) is 2.91. The van der Waals surface area contributed by atoms with Crippen LogP contribution in [0.4, 0.5) is 4.79 Å². The Balaban J connectivity index is 2.18. The Hall–Kier alpha value is -0.750. The van der Waals surface area contributed by atoms with Gasteiger partial charge in [0.25, 0.3) is 0 Å². The highest BCUT2D eigenvalue weighted by atomic mass is 32.2. The molecular weight excluding hydrogens is 204 g/mol. The number of aliphatic hydroxyl groups excluding tert-OH is 1. The molecule has 0 unspecified atom stereocenters. The van der Waals surface area contributed by atoms with Gasteiger partial charge in [-0.15, -0.1) is 0 Å². The Kier molecular flexibility index (Phi) is 4.75. The van der Waals surface area contributed by atoms with Crippen LogP contribution in [-0.2, 0) is 4.79 Å². The third-order valence-electron chi connectivity index (χ3n) is 1.83. The molecule has 0 aromatic heterocycles. The highest BCUT2D eigenvalue weighted by Crippen LogP contribution is 2.06. The van der Waals surface area contributed by atoms with Crippen LogP contribution in [-0.4, -0.2) is 53.1 Å². The van der Waals surface area contributed by atoms with E-state index in [0.717, 1.165) is 5.75 Å². The summed E-state index contributed by atoms with van der Waals surface area (Å²) in [6.07, 6.45) is 0.685. The number of nitrogens with zero attached hydrogens (tertiary/aromatic N) is 1. The van der Waals surface area contributed by atoms with E-state index in [-0.39, 0.29) is 18.5 Å². The minimum absolute atomic E-state index is 0.144. The number of carbonyl (C=O) groups excluding carboxylic acids is 2. The van der Waals surface area contributed by atoms with Crippen LogP contribution in [0.3, 0.4) is 0 Å². The molecule has 1 aliphatic heterocycles. The van der Waals surface area contributed by atoms with Crippen LogP contribution in [0.5, 0.6) is 0 Å². The van der Waals surface area contributed by atoms with Crippen LogP contribution in [0.25, 0.3) is 0 Å². The number of hydrogen-bond acceptors (Lipinski definition) is 4. The Bertz CT molecular complexity index is 223. The number of rotatable bonds is 5. The van der Waals surface area contributed by atoms with Gasteiger partial charge in [0.1, 0.15) is 0 Å². The summed E-state index contributed by atoms with van der Waals surface area (Å²) in [5.74, 6) is 0.911. The normalized spacial score (nSPS) is 15.8. The van der Waals surface area contributed by atoms with Crippen LogP contribution in [0, 0.1) is 0 Å². The fourth-order valence-corrected chi connectivity index (χ4v) is 1.92. The van der Waals surface area contributed by atoms with Gasteiger partial charge in [0.05, 0.1) is 5.75 Å². The molecule has 1 heterocycles. The van der Waals surface area contributed by atoms with E-state index in [4.69, 9.17) is 5.11 Å². The number of imide groups is 1. The molecule has 1 aliphatic rings. The molecule has 6 heteroatoms. The molecule has 80 valence electrons. The molecule has 1 fully saturated rings. The Morgan fingerprint density at radius 1 is 1.64 bits per heavy atom. The zero-order valence-corrected chi connectivity index (χ0v) is 8.68. The van der Waals surface area contributed by atoms with E-state index in [2.05, 4.69) is 5.32 Å². The second-order valence-corrected chi connectivity index (χ2v) is 4.01. The standard InChI is InChI=1S/C8H14N2O3S/c11-4-1-5-14-6-7(12)10-3-2-9-8(10)13/h11H,1-6H2,(H,9,13). The van der Waals surface area contributed by atoms with Gasteiger partial charge in [-0.05, 0) is 12.2 Å². The lowest BCUT2D eigenvalue weighted by atomic mass is 10.5. The third kappa shape index (κ3) is 3.19. The van der Waals surface area contributed by atoms with Crippen LogP contribution in [0.1, 0.15) is 6.42 Å². The van der Waals surface area contributed by atoms with Gasteiger partial charge in [0.15, 0.2) is 0 Å². The smallest absolute Gasteiger partial charge is 0.324 e. The molecule has 0 bridgehead atoms. The number of urea groups is 1. The van der Waals surface area contributed by atoms with Crippen LogP contribution in [0.2, 0.25) is 0 Å². The van der Waals surface area contributed by atoms with E-state index >= 15 is 0 Å². The maximum atomic E-state index is 11.4. The fraction of sp³-hybridized carbons (Fsp3) is 0.750. The quantitative estimate of drug-likeness (QED) is 0.619. The molecule has 1 rings (SSSR count). The van der Waals surface area contributed by atoms with Crippen molar-refractivity contribution in [3.8, 4) is 0 Å². The van der Waals surface area contributed by atoms with Crippen molar-refractivity contribution in [3.05, 3.63) is 0 Å². The van der Waals surface area contributed by atoms with Crippen molar-refractivity contribution >= 4 is 23.7 Å². The summed E-state index contributed by atoms with van der Waals surface area (Å²) in [5.41, 5.74) is 0. The first-order valence-electron chi connectivity index (χ1n) is 4.52. The van der Waals surface area contributed by atoms with Gasteiger partial charge in [0, 0.05) is 19.7 Å². The number of aliphatic hydroxyl groups is 1. The predicted octanol–water partition coefficient (Wildman–Crippen LogP) is -0.346. The van der Waals surface area contributed by atoms with E-state index in [1.165, 1.54) is 16.7 Å². The fourth-order valence-electron chi connectivity index (χ4n) is 1.11. The first-order valence-corrected chi connectivity index (χ1v) is 5.68. The number of carbonyl (C=O) groups is 2. The van der Waals surface area contributed by atoms with Crippen molar-refractivity contribution in [1.82, 2.24) is 10.2 Å². The van der Waals surface area contributed by atoms with E-state index < -0.39 is 0 Å². The predicted molar refractivity (Wildman–Crippen MR) is 54.1 cm³/mol. The van der Waals surface area contributed by atoms with Crippen molar-refractivity contribution < 1.29 is 14.7 Å². The summed E-state index contributed by atoms with van der Waals surface area (Å²) in [5, 5.41) is 11.1. The summed E-state index contributed by atoms with van der Waals surface area (Å²) in [6, 6.07) is -0.294. The van der Waals surface area contributed by atoms with Crippen molar-refractivity contribution in [1.29, 1.82) is 0 Å².